The normalized spacial score (nSPS) is 12.6. The van der Waals surface area contributed by atoms with E-state index < -0.39 is 11.9 Å². The highest BCUT2D eigenvalue weighted by molar-refractivity contribution is 5.76. The summed E-state index contributed by atoms with van der Waals surface area (Å²) in [5.41, 5.74) is 0. The molecule has 0 saturated carbocycles. The van der Waals surface area contributed by atoms with E-state index >= 15 is 0 Å². The predicted octanol–water partition coefficient (Wildman–Crippen LogP) is 2.95. The molecule has 0 aromatic rings. The molecule has 0 aliphatic heterocycles. The third kappa shape index (κ3) is 6.78. The maximum atomic E-state index is 12.2. The van der Waals surface area contributed by atoms with Gasteiger partial charge < -0.3 is 15.3 Å². The van der Waals surface area contributed by atoms with Gasteiger partial charge in [-0.3, -0.25) is 4.79 Å². The summed E-state index contributed by atoms with van der Waals surface area (Å²) in [6.07, 6.45) is 3.19. The zero-order valence-electron chi connectivity index (χ0n) is 13.5. The summed E-state index contributed by atoms with van der Waals surface area (Å²) in [4.78, 5) is 25.0. The van der Waals surface area contributed by atoms with Gasteiger partial charge >= 0.3 is 12.0 Å². The van der Waals surface area contributed by atoms with Gasteiger partial charge in [0.2, 0.25) is 0 Å². The highest BCUT2D eigenvalue weighted by Crippen LogP contribution is 2.10. The molecule has 0 aromatic heterocycles. The summed E-state index contributed by atoms with van der Waals surface area (Å²) < 4.78 is 0. The van der Waals surface area contributed by atoms with E-state index in [9.17, 15) is 9.59 Å². The number of carboxylic acid groups (broad SMARTS) is 1. The average Bonchev–Trinajstić information content (AvgIpc) is 2.33. The van der Waals surface area contributed by atoms with Gasteiger partial charge in [-0.2, -0.15) is 0 Å². The van der Waals surface area contributed by atoms with Gasteiger partial charge in [-0.1, -0.05) is 33.6 Å². The number of hydrogen-bond acceptors (Lipinski definition) is 2. The molecule has 0 spiro atoms. The first-order valence-corrected chi connectivity index (χ1v) is 7.58. The lowest BCUT2D eigenvalue weighted by Gasteiger charge is -2.28. The molecule has 0 bridgehead atoms. The lowest BCUT2D eigenvalue weighted by atomic mass is 9.96. The van der Waals surface area contributed by atoms with Gasteiger partial charge in [-0.05, 0) is 26.2 Å². The number of aliphatic carboxylic acids is 1. The summed E-state index contributed by atoms with van der Waals surface area (Å²) in [5, 5.41) is 11.9. The quantitative estimate of drug-likeness (QED) is 0.640. The summed E-state index contributed by atoms with van der Waals surface area (Å²) in [6.45, 7) is 10.7. The Hall–Kier alpha value is -1.26. The number of rotatable bonds is 9. The molecule has 0 aliphatic rings. The minimum atomic E-state index is -0.859. The number of hydrogen-bond donors (Lipinski definition) is 2. The van der Waals surface area contributed by atoms with Crippen LogP contribution in [0.1, 0.15) is 53.9 Å². The molecule has 2 N–H and O–H groups in total. The van der Waals surface area contributed by atoms with E-state index in [0.29, 0.717) is 0 Å². The average molecular weight is 286 g/mol. The van der Waals surface area contributed by atoms with Gasteiger partial charge in [0.05, 0.1) is 5.92 Å². The smallest absolute Gasteiger partial charge is 0.317 e. The van der Waals surface area contributed by atoms with E-state index in [0.717, 1.165) is 25.8 Å². The maximum absolute atomic E-state index is 12.2. The van der Waals surface area contributed by atoms with Crippen molar-refractivity contribution < 1.29 is 14.7 Å². The Morgan fingerprint density at radius 3 is 2.15 bits per heavy atom. The second kappa shape index (κ2) is 9.61. The molecule has 0 fully saturated rings. The molecule has 1 unspecified atom stereocenters. The third-order valence-electron chi connectivity index (χ3n) is 3.48. The van der Waals surface area contributed by atoms with Crippen molar-refractivity contribution in [3.05, 3.63) is 0 Å². The molecule has 0 aliphatic carbocycles. The second-order valence-electron chi connectivity index (χ2n) is 5.87. The highest BCUT2D eigenvalue weighted by Gasteiger charge is 2.24. The summed E-state index contributed by atoms with van der Waals surface area (Å²) >= 11 is 0. The first-order chi connectivity index (χ1) is 9.31. The monoisotopic (exact) mass is 286 g/mol. The van der Waals surface area contributed by atoms with Crippen LogP contribution >= 0.6 is 0 Å². The number of amides is 2. The van der Waals surface area contributed by atoms with Crippen molar-refractivity contribution >= 4 is 12.0 Å². The third-order valence-corrected chi connectivity index (χ3v) is 3.48. The number of unbranched alkanes of at least 4 members (excludes halogenated alkanes) is 2. The van der Waals surface area contributed by atoms with Crippen molar-refractivity contribution in [1.82, 2.24) is 10.2 Å². The summed E-state index contributed by atoms with van der Waals surface area (Å²) in [6, 6.07) is -0.0443. The van der Waals surface area contributed by atoms with Crippen molar-refractivity contribution in [2.45, 2.75) is 59.9 Å². The Bertz CT molecular complexity index is 303. The van der Waals surface area contributed by atoms with Crippen molar-refractivity contribution in [2.75, 3.05) is 13.1 Å². The van der Waals surface area contributed by atoms with Gasteiger partial charge in [0, 0.05) is 19.1 Å². The number of nitrogens with one attached hydrogen (secondary N) is 1. The molecule has 2 amide bonds. The number of carboxylic acids is 1. The zero-order valence-corrected chi connectivity index (χ0v) is 13.5. The molecule has 0 radical (unpaired) electrons. The van der Waals surface area contributed by atoms with Crippen LogP contribution in [0.5, 0.6) is 0 Å². The molecule has 0 rings (SSSR count). The van der Waals surface area contributed by atoms with Crippen LogP contribution in [-0.4, -0.2) is 41.1 Å². The zero-order chi connectivity index (χ0) is 15.7. The molecule has 0 heterocycles. The van der Waals surface area contributed by atoms with E-state index in [1.54, 1.807) is 4.90 Å². The van der Waals surface area contributed by atoms with Crippen LogP contribution in [0.15, 0.2) is 0 Å². The molecule has 0 aromatic carbocycles. The van der Waals surface area contributed by atoms with E-state index in [1.165, 1.54) is 0 Å². The van der Waals surface area contributed by atoms with E-state index in [-0.39, 0.29) is 24.5 Å². The number of carbonyl (C=O) groups is 2. The number of nitrogens with zero attached hydrogens (tertiary/aromatic N) is 1. The highest BCUT2D eigenvalue weighted by atomic mass is 16.4. The molecule has 20 heavy (non-hydrogen) atoms. The Labute approximate surface area is 122 Å². The van der Waals surface area contributed by atoms with Gasteiger partial charge in [0.25, 0.3) is 0 Å². The Morgan fingerprint density at radius 1 is 1.15 bits per heavy atom. The molecule has 1 atom stereocenters. The Kier molecular flexibility index (Phi) is 9.01. The first kappa shape index (κ1) is 18.7. The van der Waals surface area contributed by atoms with Gasteiger partial charge in [0.1, 0.15) is 0 Å². The fraction of sp³-hybridized carbons (Fsp3) is 0.867. The van der Waals surface area contributed by atoms with Gasteiger partial charge in [-0.25, -0.2) is 4.79 Å². The molecule has 5 nitrogen and oxygen atoms in total. The topological polar surface area (TPSA) is 69.6 Å². The molecule has 118 valence electrons. The van der Waals surface area contributed by atoms with Crippen molar-refractivity contribution in [2.24, 2.45) is 11.8 Å². The molecular formula is C15H30N2O3. The van der Waals surface area contributed by atoms with Gasteiger partial charge in [-0.15, -0.1) is 0 Å². The van der Waals surface area contributed by atoms with Crippen molar-refractivity contribution in [1.29, 1.82) is 0 Å². The number of carbonyl (C=O) groups excluding carboxylic acids is 1. The van der Waals surface area contributed by atoms with Crippen LogP contribution in [0.3, 0.4) is 0 Å². The van der Waals surface area contributed by atoms with E-state index in [2.05, 4.69) is 12.2 Å². The summed E-state index contributed by atoms with van der Waals surface area (Å²) in [7, 11) is 0. The first-order valence-electron chi connectivity index (χ1n) is 7.58. The van der Waals surface area contributed by atoms with Crippen LogP contribution in [0, 0.1) is 11.8 Å². The predicted molar refractivity (Wildman–Crippen MR) is 80.7 cm³/mol. The molecule has 5 heteroatoms. The van der Waals surface area contributed by atoms with E-state index in [4.69, 9.17) is 5.11 Å². The van der Waals surface area contributed by atoms with Crippen LogP contribution in [0.25, 0.3) is 0 Å². The largest absolute Gasteiger partial charge is 0.481 e. The van der Waals surface area contributed by atoms with Gasteiger partial charge in [0.15, 0.2) is 0 Å². The van der Waals surface area contributed by atoms with Crippen molar-refractivity contribution in [3.8, 4) is 0 Å². The standard InChI is InChI=1S/C15H30N2O3/c1-6-7-8-9-17(12(4)5)15(20)16-10-13(11(2)3)14(18)19/h11-13H,6-10H2,1-5H3,(H,16,20)(H,18,19). The van der Waals surface area contributed by atoms with Crippen LogP contribution in [-0.2, 0) is 4.79 Å². The SMILES string of the molecule is CCCCCN(C(=O)NCC(C(=O)O)C(C)C)C(C)C. The van der Waals surface area contributed by atoms with Crippen LogP contribution in [0.2, 0.25) is 0 Å². The van der Waals surface area contributed by atoms with Crippen molar-refractivity contribution in [3.63, 3.8) is 0 Å². The minimum absolute atomic E-state index is 0.000362. The van der Waals surface area contributed by atoms with Crippen LogP contribution in [0.4, 0.5) is 4.79 Å². The fourth-order valence-electron chi connectivity index (χ4n) is 2.03. The van der Waals surface area contributed by atoms with E-state index in [1.807, 2.05) is 27.7 Å². The minimum Gasteiger partial charge on any atom is -0.481 e. The lowest BCUT2D eigenvalue weighted by molar-refractivity contribution is -0.142. The van der Waals surface area contributed by atoms with Crippen LogP contribution < -0.4 is 5.32 Å². The number of urea groups is 1. The molecular weight excluding hydrogens is 256 g/mol. The lowest BCUT2D eigenvalue weighted by Crippen LogP contribution is -2.47. The fourth-order valence-corrected chi connectivity index (χ4v) is 2.03. The Balaban J connectivity index is 4.41. The summed E-state index contributed by atoms with van der Waals surface area (Å²) in [5.74, 6) is -1.40. The molecule has 0 saturated heterocycles. The maximum Gasteiger partial charge on any atom is 0.317 e. The second-order valence-corrected chi connectivity index (χ2v) is 5.87. The Morgan fingerprint density at radius 2 is 1.75 bits per heavy atom.